The van der Waals surface area contributed by atoms with E-state index in [9.17, 15) is 4.79 Å². The van der Waals surface area contributed by atoms with Crippen molar-refractivity contribution in [2.75, 3.05) is 31.1 Å². The number of amides is 1. The Labute approximate surface area is 152 Å². The number of halogens is 1. The van der Waals surface area contributed by atoms with Crippen LogP contribution in [0.15, 0.2) is 24.3 Å². The maximum absolute atomic E-state index is 12.0. The Balaban J connectivity index is 1.71. The summed E-state index contributed by atoms with van der Waals surface area (Å²) in [6.07, 6.45) is -0.366. The number of anilines is 1. The van der Waals surface area contributed by atoms with Crippen LogP contribution in [0.5, 0.6) is 0 Å². The van der Waals surface area contributed by atoms with Crippen molar-refractivity contribution in [2.24, 2.45) is 0 Å². The third-order valence-corrected chi connectivity index (χ3v) is 4.44. The van der Waals surface area contributed by atoms with Crippen molar-refractivity contribution in [1.29, 1.82) is 0 Å². The Morgan fingerprint density at radius 2 is 1.88 bits per heavy atom. The molecule has 1 amide bonds. The predicted molar refractivity (Wildman–Crippen MR) is 96.5 cm³/mol. The fraction of sp³-hybridized carbons (Fsp3) is 0.471. The molecule has 0 N–H and O–H groups in total. The Kier molecular flexibility index (Phi) is 5.13. The van der Waals surface area contributed by atoms with Crippen LogP contribution in [0.4, 0.5) is 10.6 Å². The van der Waals surface area contributed by atoms with Crippen LogP contribution in [-0.2, 0) is 4.74 Å². The number of hydrogen-bond acceptors (Lipinski definition) is 5. The van der Waals surface area contributed by atoms with Gasteiger partial charge in [-0.1, -0.05) is 28.9 Å². The monoisotopic (exact) mass is 363 g/mol. The van der Waals surface area contributed by atoms with Crippen molar-refractivity contribution in [2.45, 2.75) is 26.9 Å². The summed E-state index contributed by atoms with van der Waals surface area (Å²) in [7, 11) is 0. The van der Waals surface area contributed by atoms with E-state index in [0.717, 1.165) is 17.2 Å². The van der Waals surface area contributed by atoms with E-state index in [2.05, 4.69) is 15.2 Å². The summed E-state index contributed by atoms with van der Waals surface area (Å²) in [4.78, 5) is 15.8. The van der Waals surface area contributed by atoms with Gasteiger partial charge in [0.2, 0.25) is 0 Å². The molecule has 3 rings (SSSR count). The second-order valence-corrected chi connectivity index (χ2v) is 6.68. The van der Waals surface area contributed by atoms with Gasteiger partial charge in [-0.3, -0.25) is 0 Å². The molecule has 1 aliphatic rings. The van der Waals surface area contributed by atoms with Gasteiger partial charge in [-0.25, -0.2) is 9.48 Å². The fourth-order valence-electron chi connectivity index (χ4n) is 2.84. The minimum absolute atomic E-state index is 0.108. The maximum atomic E-state index is 12.0. The zero-order chi connectivity index (χ0) is 18.0. The first-order chi connectivity index (χ1) is 12.0. The van der Waals surface area contributed by atoms with Crippen molar-refractivity contribution >= 4 is 23.5 Å². The first kappa shape index (κ1) is 17.5. The van der Waals surface area contributed by atoms with Gasteiger partial charge in [-0.2, -0.15) is 0 Å². The minimum Gasteiger partial charge on any atom is -0.447 e. The van der Waals surface area contributed by atoms with Crippen LogP contribution in [0.1, 0.15) is 19.5 Å². The van der Waals surface area contributed by atoms with Crippen LogP contribution in [0.2, 0.25) is 5.02 Å². The van der Waals surface area contributed by atoms with Gasteiger partial charge < -0.3 is 14.5 Å². The molecular weight excluding hydrogens is 342 g/mol. The van der Waals surface area contributed by atoms with Gasteiger partial charge in [-0.15, -0.1) is 5.10 Å². The van der Waals surface area contributed by atoms with E-state index < -0.39 is 0 Å². The quantitative estimate of drug-likeness (QED) is 0.839. The highest BCUT2D eigenvalue weighted by molar-refractivity contribution is 6.32. The number of aromatic nitrogens is 3. The van der Waals surface area contributed by atoms with Crippen LogP contribution in [0.3, 0.4) is 0 Å². The molecule has 7 nitrogen and oxygen atoms in total. The highest BCUT2D eigenvalue weighted by Gasteiger charge is 2.26. The highest BCUT2D eigenvalue weighted by atomic mass is 35.5. The molecular formula is C17H22ClN5O2. The second-order valence-electron chi connectivity index (χ2n) is 6.27. The van der Waals surface area contributed by atoms with E-state index in [1.807, 2.05) is 45.0 Å². The number of rotatable bonds is 3. The normalized spacial score (nSPS) is 14.9. The molecule has 0 unspecified atom stereocenters. The lowest BCUT2D eigenvalue weighted by molar-refractivity contribution is 0.0751. The largest absolute Gasteiger partial charge is 0.447 e. The molecule has 1 aromatic heterocycles. The third-order valence-electron chi connectivity index (χ3n) is 4.12. The van der Waals surface area contributed by atoms with Gasteiger partial charge in [0.1, 0.15) is 0 Å². The fourth-order valence-corrected chi connectivity index (χ4v) is 3.06. The molecule has 1 fully saturated rings. The zero-order valence-corrected chi connectivity index (χ0v) is 15.4. The first-order valence-corrected chi connectivity index (χ1v) is 8.73. The molecule has 2 heterocycles. The third kappa shape index (κ3) is 3.71. The molecule has 1 aromatic carbocycles. The summed E-state index contributed by atoms with van der Waals surface area (Å²) in [5.74, 6) is 0.816. The summed E-state index contributed by atoms with van der Waals surface area (Å²) < 4.78 is 7.00. The number of benzene rings is 1. The molecule has 0 saturated carbocycles. The van der Waals surface area contributed by atoms with E-state index in [1.54, 1.807) is 9.58 Å². The van der Waals surface area contributed by atoms with Crippen molar-refractivity contribution < 1.29 is 9.53 Å². The van der Waals surface area contributed by atoms with Crippen molar-refractivity contribution in [3.8, 4) is 5.69 Å². The average Bonchev–Trinajstić information content (AvgIpc) is 2.96. The van der Waals surface area contributed by atoms with Crippen molar-refractivity contribution in [1.82, 2.24) is 19.9 Å². The van der Waals surface area contributed by atoms with E-state index >= 15 is 0 Å². The molecule has 0 radical (unpaired) electrons. The van der Waals surface area contributed by atoms with E-state index in [-0.39, 0.29) is 12.2 Å². The van der Waals surface area contributed by atoms with Gasteiger partial charge in [0, 0.05) is 26.2 Å². The second kappa shape index (κ2) is 7.31. The molecule has 0 aliphatic carbocycles. The molecule has 8 heteroatoms. The number of nitrogens with zero attached hydrogens (tertiary/aromatic N) is 5. The number of para-hydroxylation sites is 1. The van der Waals surface area contributed by atoms with E-state index in [1.165, 1.54) is 0 Å². The summed E-state index contributed by atoms with van der Waals surface area (Å²) in [6, 6.07) is 7.54. The van der Waals surface area contributed by atoms with Gasteiger partial charge in [-0.05, 0) is 32.9 Å². The number of carbonyl (C=O) groups excluding carboxylic acids is 1. The van der Waals surface area contributed by atoms with E-state index in [4.69, 9.17) is 16.3 Å². The molecule has 1 saturated heterocycles. The van der Waals surface area contributed by atoms with Gasteiger partial charge in [0.05, 0.1) is 22.5 Å². The Hall–Kier alpha value is -2.28. The Morgan fingerprint density at radius 1 is 1.20 bits per heavy atom. The topological polar surface area (TPSA) is 63.5 Å². The predicted octanol–water partition coefficient (Wildman–Crippen LogP) is 2.90. The van der Waals surface area contributed by atoms with Crippen molar-refractivity contribution in [3.05, 3.63) is 35.0 Å². The lowest BCUT2D eigenvalue weighted by atomic mass is 10.3. The summed E-state index contributed by atoms with van der Waals surface area (Å²) in [6.45, 7) is 8.26. The van der Waals surface area contributed by atoms with Gasteiger partial charge >= 0.3 is 6.09 Å². The summed E-state index contributed by atoms with van der Waals surface area (Å²) >= 11 is 6.26. The molecule has 0 bridgehead atoms. The Bertz CT molecular complexity index is 753. The van der Waals surface area contributed by atoms with Crippen LogP contribution in [-0.4, -0.2) is 58.3 Å². The average molecular weight is 364 g/mol. The van der Waals surface area contributed by atoms with Crippen LogP contribution in [0.25, 0.3) is 5.69 Å². The zero-order valence-electron chi connectivity index (χ0n) is 14.6. The van der Waals surface area contributed by atoms with Crippen molar-refractivity contribution in [3.63, 3.8) is 0 Å². The summed E-state index contributed by atoms with van der Waals surface area (Å²) in [5, 5.41) is 9.20. The number of piperazine rings is 1. The number of carbonyl (C=O) groups is 1. The molecule has 134 valence electrons. The van der Waals surface area contributed by atoms with Gasteiger partial charge in [0.15, 0.2) is 5.82 Å². The van der Waals surface area contributed by atoms with Crippen LogP contribution >= 0.6 is 11.6 Å². The highest BCUT2D eigenvalue weighted by Crippen LogP contribution is 2.25. The lowest BCUT2D eigenvalue weighted by Crippen LogP contribution is -2.49. The van der Waals surface area contributed by atoms with Gasteiger partial charge in [0.25, 0.3) is 0 Å². The SMILES string of the molecule is Cc1c(N2CCN(C(=O)OC(C)C)CC2)nnn1-c1ccccc1Cl. The number of ether oxygens (including phenoxy) is 1. The first-order valence-electron chi connectivity index (χ1n) is 8.35. The molecule has 25 heavy (non-hydrogen) atoms. The Morgan fingerprint density at radius 3 is 2.52 bits per heavy atom. The van der Waals surface area contributed by atoms with E-state index in [0.29, 0.717) is 31.2 Å². The van der Waals surface area contributed by atoms with Crippen LogP contribution in [0, 0.1) is 6.92 Å². The van der Waals surface area contributed by atoms with Crippen LogP contribution < -0.4 is 4.90 Å². The molecule has 0 spiro atoms. The molecule has 0 atom stereocenters. The molecule has 1 aliphatic heterocycles. The standard InChI is InChI=1S/C17H22ClN5O2/c1-12(2)25-17(24)22-10-8-21(9-11-22)16-13(3)23(20-19-16)15-7-5-4-6-14(15)18/h4-7,12H,8-11H2,1-3H3. The smallest absolute Gasteiger partial charge is 0.410 e. The minimum atomic E-state index is -0.258. The lowest BCUT2D eigenvalue weighted by Gasteiger charge is -2.34. The molecule has 2 aromatic rings. The number of hydrogen-bond donors (Lipinski definition) is 0. The summed E-state index contributed by atoms with van der Waals surface area (Å²) in [5.41, 5.74) is 1.73. The maximum Gasteiger partial charge on any atom is 0.410 e.